The minimum Gasteiger partial charge on any atom is -0.356 e. The van der Waals surface area contributed by atoms with Crippen molar-refractivity contribution in [1.29, 1.82) is 0 Å². The highest BCUT2D eigenvalue weighted by Gasteiger charge is 2.46. The van der Waals surface area contributed by atoms with Crippen LogP contribution in [0.4, 0.5) is 0 Å². The summed E-state index contributed by atoms with van der Waals surface area (Å²) >= 11 is 0. The Hall–Kier alpha value is -2.45. The Labute approximate surface area is 123 Å². The molecule has 21 heavy (non-hydrogen) atoms. The maximum Gasteiger partial charge on any atom is 0.195 e. The Kier molecular flexibility index (Phi) is 2.83. The molecule has 0 bridgehead atoms. The molecule has 2 nitrogen and oxygen atoms in total. The van der Waals surface area contributed by atoms with Crippen LogP contribution in [0.5, 0.6) is 0 Å². The zero-order valence-corrected chi connectivity index (χ0v) is 11.4. The molecule has 2 heteroatoms. The predicted octanol–water partition coefficient (Wildman–Crippen LogP) is 4.16. The van der Waals surface area contributed by atoms with Crippen LogP contribution in [0.25, 0.3) is 10.8 Å². The lowest BCUT2D eigenvalue weighted by atomic mass is 9.97. The van der Waals surface area contributed by atoms with E-state index in [9.17, 15) is 4.79 Å². The molecule has 0 amide bonds. The third kappa shape index (κ3) is 2.14. The van der Waals surface area contributed by atoms with Crippen LogP contribution in [0.3, 0.4) is 0 Å². The van der Waals surface area contributed by atoms with Crippen molar-refractivity contribution in [2.45, 2.75) is 12.2 Å². The van der Waals surface area contributed by atoms with Crippen molar-refractivity contribution in [2.75, 3.05) is 0 Å². The molecule has 0 saturated carbocycles. The average molecular weight is 274 g/mol. The highest BCUT2D eigenvalue weighted by atomic mass is 16.6. The van der Waals surface area contributed by atoms with Crippen LogP contribution >= 0.6 is 0 Å². The molecule has 1 saturated heterocycles. The average Bonchev–Trinajstić information content (AvgIpc) is 3.35. The number of ether oxygens (including phenoxy) is 1. The van der Waals surface area contributed by atoms with Gasteiger partial charge in [-0.1, -0.05) is 72.8 Å². The summed E-state index contributed by atoms with van der Waals surface area (Å²) < 4.78 is 5.62. The van der Waals surface area contributed by atoms with E-state index in [2.05, 4.69) is 0 Å². The number of hydrogen-bond donors (Lipinski definition) is 0. The summed E-state index contributed by atoms with van der Waals surface area (Å²) in [5.41, 5.74) is 1.81. The van der Waals surface area contributed by atoms with Gasteiger partial charge in [-0.15, -0.1) is 0 Å². The van der Waals surface area contributed by atoms with Crippen molar-refractivity contribution in [3.05, 3.63) is 83.9 Å². The van der Waals surface area contributed by atoms with Crippen LogP contribution < -0.4 is 0 Å². The third-order valence-corrected chi connectivity index (χ3v) is 3.93. The number of rotatable bonds is 3. The van der Waals surface area contributed by atoms with Crippen LogP contribution in [-0.4, -0.2) is 11.9 Å². The Bertz CT molecular complexity index is 803. The first-order chi connectivity index (χ1) is 10.3. The van der Waals surface area contributed by atoms with E-state index in [1.165, 1.54) is 0 Å². The first-order valence-corrected chi connectivity index (χ1v) is 7.07. The fourth-order valence-electron chi connectivity index (χ4n) is 2.80. The van der Waals surface area contributed by atoms with E-state index in [-0.39, 0.29) is 18.0 Å². The van der Waals surface area contributed by atoms with Crippen molar-refractivity contribution in [3.8, 4) is 0 Å². The number of Topliss-reactive ketones (excluding diaryl/α,β-unsaturated/α-hetero) is 1. The van der Waals surface area contributed by atoms with E-state index < -0.39 is 0 Å². The maximum absolute atomic E-state index is 12.7. The van der Waals surface area contributed by atoms with E-state index in [1.54, 1.807) is 0 Å². The monoisotopic (exact) mass is 274 g/mol. The summed E-state index contributed by atoms with van der Waals surface area (Å²) in [6.45, 7) is 0. The molecular formula is C19H14O2. The van der Waals surface area contributed by atoms with Gasteiger partial charge in [0.1, 0.15) is 6.10 Å². The van der Waals surface area contributed by atoms with Gasteiger partial charge in [-0.25, -0.2) is 0 Å². The Morgan fingerprint density at radius 3 is 2.38 bits per heavy atom. The third-order valence-electron chi connectivity index (χ3n) is 3.93. The Morgan fingerprint density at radius 2 is 1.52 bits per heavy atom. The number of hydrogen-bond acceptors (Lipinski definition) is 2. The van der Waals surface area contributed by atoms with Gasteiger partial charge in [0.2, 0.25) is 0 Å². The number of carbonyl (C=O) groups excluding carboxylic acids is 1. The normalized spacial score (nSPS) is 20.4. The SMILES string of the molecule is O=C(c1cccc2ccccc12)[C@H]1O[C@@H]1c1ccccc1. The molecular weight excluding hydrogens is 260 g/mol. The molecule has 1 aliphatic rings. The zero-order valence-electron chi connectivity index (χ0n) is 11.4. The quantitative estimate of drug-likeness (QED) is 0.530. The van der Waals surface area contributed by atoms with Crippen molar-refractivity contribution < 1.29 is 9.53 Å². The fraction of sp³-hybridized carbons (Fsp3) is 0.105. The molecule has 3 aromatic carbocycles. The van der Waals surface area contributed by atoms with E-state index in [1.807, 2.05) is 72.8 Å². The van der Waals surface area contributed by atoms with Crippen LogP contribution in [-0.2, 0) is 4.74 Å². The summed E-state index contributed by atoms with van der Waals surface area (Å²) in [5, 5.41) is 2.08. The molecule has 0 aromatic heterocycles. The first kappa shape index (κ1) is 12.3. The standard InChI is InChI=1S/C19H14O2/c20-17(19-18(21-19)14-8-2-1-3-9-14)16-12-6-10-13-7-4-5-11-15(13)16/h1-12,18-19H/t18-,19-/m1/s1. The van der Waals surface area contributed by atoms with E-state index in [0.717, 1.165) is 21.9 Å². The number of carbonyl (C=O) groups is 1. The van der Waals surface area contributed by atoms with Gasteiger partial charge < -0.3 is 4.74 Å². The van der Waals surface area contributed by atoms with Crippen LogP contribution in [0.2, 0.25) is 0 Å². The van der Waals surface area contributed by atoms with Gasteiger partial charge in [0.05, 0.1) is 0 Å². The number of benzene rings is 3. The lowest BCUT2D eigenvalue weighted by Gasteiger charge is -2.04. The molecule has 1 heterocycles. The van der Waals surface area contributed by atoms with E-state index in [0.29, 0.717) is 0 Å². The topological polar surface area (TPSA) is 29.6 Å². The van der Waals surface area contributed by atoms with E-state index in [4.69, 9.17) is 4.74 Å². The minimum absolute atomic E-state index is 0.0700. The number of epoxide rings is 1. The second-order valence-corrected chi connectivity index (χ2v) is 5.28. The van der Waals surface area contributed by atoms with Crippen molar-refractivity contribution in [1.82, 2.24) is 0 Å². The summed E-state index contributed by atoms with van der Waals surface area (Å²) in [7, 11) is 0. The van der Waals surface area contributed by atoms with Crippen molar-refractivity contribution in [2.24, 2.45) is 0 Å². The van der Waals surface area contributed by atoms with Gasteiger partial charge in [-0.3, -0.25) is 4.79 Å². The molecule has 0 aliphatic carbocycles. The van der Waals surface area contributed by atoms with Gasteiger partial charge in [-0.2, -0.15) is 0 Å². The lowest BCUT2D eigenvalue weighted by molar-refractivity contribution is 0.0955. The smallest absolute Gasteiger partial charge is 0.195 e. The highest BCUT2D eigenvalue weighted by Crippen LogP contribution is 2.41. The zero-order chi connectivity index (χ0) is 14.2. The minimum atomic E-state index is -0.349. The lowest BCUT2D eigenvalue weighted by Crippen LogP contribution is -2.08. The fourth-order valence-corrected chi connectivity index (χ4v) is 2.80. The van der Waals surface area contributed by atoms with Gasteiger partial charge in [-0.05, 0) is 16.3 Å². The molecule has 2 atom stereocenters. The Balaban J connectivity index is 1.67. The highest BCUT2D eigenvalue weighted by molar-refractivity contribution is 6.11. The Morgan fingerprint density at radius 1 is 0.810 bits per heavy atom. The largest absolute Gasteiger partial charge is 0.356 e. The molecule has 0 radical (unpaired) electrons. The molecule has 4 rings (SSSR count). The molecule has 1 aliphatic heterocycles. The van der Waals surface area contributed by atoms with Crippen molar-refractivity contribution >= 4 is 16.6 Å². The molecule has 3 aromatic rings. The van der Waals surface area contributed by atoms with Crippen molar-refractivity contribution in [3.63, 3.8) is 0 Å². The summed E-state index contributed by atoms with van der Waals surface area (Å²) in [4.78, 5) is 12.7. The second kappa shape index (κ2) is 4.83. The van der Waals surface area contributed by atoms with Crippen LogP contribution in [0, 0.1) is 0 Å². The summed E-state index contributed by atoms with van der Waals surface area (Å²) in [6, 6.07) is 23.7. The molecule has 0 N–H and O–H groups in total. The summed E-state index contributed by atoms with van der Waals surface area (Å²) in [5.74, 6) is 0.0700. The molecule has 1 fully saturated rings. The molecule has 0 spiro atoms. The van der Waals surface area contributed by atoms with Gasteiger partial charge >= 0.3 is 0 Å². The van der Waals surface area contributed by atoms with Gasteiger partial charge in [0.25, 0.3) is 0 Å². The predicted molar refractivity (Wildman–Crippen MR) is 82.3 cm³/mol. The summed E-state index contributed by atoms with van der Waals surface area (Å²) in [6.07, 6.45) is -0.448. The first-order valence-electron chi connectivity index (χ1n) is 7.07. The number of fused-ring (bicyclic) bond motifs is 1. The van der Waals surface area contributed by atoms with E-state index >= 15 is 0 Å². The molecule has 0 unspecified atom stereocenters. The van der Waals surface area contributed by atoms with Gasteiger partial charge in [0, 0.05) is 5.56 Å². The van der Waals surface area contributed by atoms with Gasteiger partial charge in [0.15, 0.2) is 11.9 Å². The van der Waals surface area contributed by atoms with Crippen LogP contribution in [0.15, 0.2) is 72.8 Å². The number of ketones is 1. The molecule has 102 valence electrons. The van der Waals surface area contributed by atoms with Crippen LogP contribution in [0.1, 0.15) is 22.0 Å². The maximum atomic E-state index is 12.7. The second-order valence-electron chi connectivity index (χ2n) is 5.28.